The van der Waals surface area contributed by atoms with Crippen molar-refractivity contribution in [2.75, 3.05) is 6.61 Å². The number of hydrogen-bond acceptors (Lipinski definition) is 3. The highest BCUT2D eigenvalue weighted by molar-refractivity contribution is 5.85. The molecule has 0 heterocycles. The molecule has 0 aliphatic carbocycles. The van der Waals surface area contributed by atoms with Crippen molar-refractivity contribution in [3.63, 3.8) is 0 Å². The van der Waals surface area contributed by atoms with E-state index in [-0.39, 0.29) is 12.2 Å². The highest BCUT2D eigenvalue weighted by atomic mass is 16.4. The van der Waals surface area contributed by atoms with Crippen LogP contribution >= 0.6 is 0 Å². The first-order valence-electron chi connectivity index (χ1n) is 4.27. The molecule has 0 aromatic heterocycles. The monoisotopic (exact) mass is 188 g/mol. The SMILES string of the molecule is CC(=CCCC(O)CCO)C(=O)O. The van der Waals surface area contributed by atoms with Crippen LogP contribution < -0.4 is 0 Å². The summed E-state index contributed by atoms with van der Waals surface area (Å²) in [6, 6.07) is 0. The van der Waals surface area contributed by atoms with Crippen molar-refractivity contribution < 1.29 is 20.1 Å². The van der Waals surface area contributed by atoms with Crippen LogP contribution in [0.15, 0.2) is 11.6 Å². The van der Waals surface area contributed by atoms with Crippen molar-refractivity contribution in [1.29, 1.82) is 0 Å². The quantitative estimate of drug-likeness (QED) is 0.532. The molecular formula is C9H16O4. The Bertz CT molecular complexity index is 186. The van der Waals surface area contributed by atoms with Gasteiger partial charge in [-0.15, -0.1) is 0 Å². The Morgan fingerprint density at radius 1 is 1.46 bits per heavy atom. The smallest absolute Gasteiger partial charge is 0.330 e. The lowest BCUT2D eigenvalue weighted by Gasteiger charge is -2.05. The molecule has 1 atom stereocenters. The maximum Gasteiger partial charge on any atom is 0.330 e. The number of aliphatic hydroxyl groups excluding tert-OH is 2. The van der Waals surface area contributed by atoms with Crippen LogP contribution in [-0.4, -0.2) is 34.0 Å². The Balaban J connectivity index is 3.65. The van der Waals surface area contributed by atoms with Crippen molar-refractivity contribution in [2.45, 2.75) is 32.3 Å². The molecule has 0 rings (SSSR count). The predicted octanol–water partition coefficient (Wildman–Crippen LogP) is 0.541. The predicted molar refractivity (Wildman–Crippen MR) is 48.3 cm³/mol. The molecule has 1 unspecified atom stereocenters. The molecule has 4 nitrogen and oxygen atoms in total. The number of rotatable bonds is 6. The number of hydrogen-bond donors (Lipinski definition) is 3. The van der Waals surface area contributed by atoms with E-state index in [4.69, 9.17) is 15.3 Å². The third kappa shape index (κ3) is 6.31. The summed E-state index contributed by atoms with van der Waals surface area (Å²) >= 11 is 0. The average Bonchev–Trinajstić information content (AvgIpc) is 2.04. The van der Waals surface area contributed by atoms with Crippen molar-refractivity contribution in [3.8, 4) is 0 Å². The maximum absolute atomic E-state index is 10.3. The van der Waals surface area contributed by atoms with Gasteiger partial charge in [0.2, 0.25) is 0 Å². The molecule has 0 spiro atoms. The number of aliphatic carboxylic acids is 1. The summed E-state index contributed by atoms with van der Waals surface area (Å²) in [4.78, 5) is 10.3. The normalized spacial score (nSPS) is 14.2. The van der Waals surface area contributed by atoms with Crippen LogP contribution in [0, 0.1) is 0 Å². The van der Waals surface area contributed by atoms with Gasteiger partial charge in [-0.25, -0.2) is 4.79 Å². The van der Waals surface area contributed by atoms with Gasteiger partial charge < -0.3 is 15.3 Å². The Labute approximate surface area is 77.5 Å². The standard InChI is InChI=1S/C9H16O4/c1-7(9(12)13)3-2-4-8(11)5-6-10/h3,8,10-11H,2,4-6H2,1H3,(H,12,13). The van der Waals surface area contributed by atoms with Crippen LogP contribution in [0.5, 0.6) is 0 Å². The fraction of sp³-hybridized carbons (Fsp3) is 0.667. The lowest BCUT2D eigenvalue weighted by Crippen LogP contribution is -2.08. The van der Waals surface area contributed by atoms with Crippen molar-refractivity contribution >= 4 is 5.97 Å². The number of aliphatic hydroxyl groups is 2. The fourth-order valence-corrected chi connectivity index (χ4v) is 0.873. The molecule has 0 saturated carbocycles. The molecule has 4 heteroatoms. The molecule has 13 heavy (non-hydrogen) atoms. The second-order valence-electron chi connectivity index (χ2n) is 2.94. The third-order valence-electron chi connectivity index (χ3n) is 1.75. The number of carboxylic acids is 1. The largest absolute Gasteiger partial charge is 0.478 e. The zero-order valence-electron chi connectivity index (χ0n) is 7.73. The van der Waals surface area contributed by atoms with Crippen LogP contribution in [0.4, 0.5) is 0 Å². The van der Waals surface area contributed by atoms with Crippen LogP contribution in [0.25, 0.3) is 0 Å². The van der Waals surface area contributed by atoms with Crippen LogP contribution in [0.3, 0.4) is 0 Å². The lowest BCUT2D eigenvalue weighted by molar-refractivity contribution is -0.132. The number of carbonyl (C=O) groups is 1. The van der Waals surface area contributed by atoms with E-state index in [9.17, 15) is 4.79 Å². The molecule has 0 aromatic carbocycles. The number of allylic oxidation sites excluding steroid dienone is 1. The van der Waals surface area contributed by atoms with Gasteiger partial charge in [0.05, 0.1) is 6.10 Å². The van der Waals surface area contributed by atoms with E-state index >= 15 is 0 Å². The summed E-state index contributed by atoms with van der Waals surface area (Å²) in [6.45, 7) is 1.48. The Morgan fingerprint density at radius 2 is 2.08 bits per heavy atom. The molecule has 0 bridgehead atoms. The summed E-state index contributed by atoms with van der Waals surface area (Å²) in [6.07, 6.45) is 2.40. The Morgan fingerprint density at radius 3 is 2.54 bits per heavy atom. The van der Waals surface area contributed by atoms with Crippen LogP contribution in [0.1, 0.15) is 26.2 Å². The molecule has 0 aliphatic rings. The second-order valence-corrected chi connectivity index (χ2v) is 2.94. The Kier molecular flexibility index (Phi) is 6.18. The minimum absolute atomic E-state index is 0.0389. The van der Waals surface area contributed by atoms with E-state index < -0.39 is 12.1 Å². The van der Waals surface area contributed by atoms with Crippen LogP contribution in [-0.2, 0) is 4.79 Å². The summed E-state index contributed by atoms with van der Waals surface area (Å²) in [7, 11) is 0. The van der Waals surface area contributed by atoms with Gasteiger partial charge in [-0.2, -0.15) is 0 Å². The van der Waals surface area contributed by atoms with Gasteiger partial charge in [-0.3, -0.25) is 0 Å². The first kappa shape index (κ1) is 12.1. The maximum atomic E-state index is 10.3. The molecule has 3 N–H and O–H groups in total. The number of carboxylic acid groups (broad SMARTS) is 1. The summed E-state index contributed by atoms with van der Waals surface area (Å²) < 4.78 is 0. The average molecular weight is 188 g/mol. The molecule has 0 aliphatic heterocycles. The van der Waals surface area contributed by atoms with Gasteiger partial charge in [0.1, 0.15) is 0 Å². The van der Waals surface area contributed by atoms with Gasteiger partial charge in [0.25, 0.3) is 0 Å². The minimum atomic E-state index is -0.934. The second kappa shape index (κ2) is 6.62. The van der Waals surface area contributed by atoms with E-state index in [2.05, 4.69) is 0 Å². The van der Waals surface area contributed by atoms with E-state index in [1.165, 1.54) is 6.92 Å². The first-order valence-corrected chi connectivity index (χ1v) is 4.27. The van der Waals surface area contributed by atoms with Gasteiger partial charge in [0, 0.05) is 12.2 Å². The Hall–Kier alpha value is -0.870. The van der Waals surface area contributed by atoms with Gasteiger partial charge >= 0.3 is 5.97 Å². The zero-order chi connectivity index (χ0) is 10.3. The highest BCUT2D eigenvalue weighted by Gasteiger charge is 2.03. The summed E-state index contributed by atoms with van der Waals surface area (Å²) in [5.74, 6) is -0.934. The first-order chi connectivity index (χ1) is 6.07. The van der Waals surface area contributed by atoms with Crippen molar-refractivity contribution in [3.05, 3.63) is 11.6 Å². The van der Waals surface area contributed by atoms with E-state index in [1.54, 1.807) is 6.08 Å². The zero-order valence-corrected chi connectivity index (χ0v) is 7.73. The minimum Gasteiger partial charge on any atom is -0.478 e. The molecule has 0 radical (unpaired) electrons. The van der Waals surface area contributed by atoms with E-state index in [0.717, 1.165) is 0 Å². The van der Waals surface area contributed by atoms with E-state index in [1.807, 2.05) is 0 Å². The van der Waals surface area contributed by atoms with Gasteiger partial charge in [-0.05, 0) is 26.2 Å². The van der Waals surface area contributed by atoms with Crippen LogP contribution in [0.2, 0.25) is 0 Å². The summed E-state index contributed by atoms with van der Waals surface area (Å²) in [5, 5.41) is 26.1. The molecule has 0 saturated heterocycles. The molecule has 0 amide bonds. The topological polar surface area (TPSA) is 77.8 Å². The lowest BCUT2D eigenvalue weighted by atomic mass is 10.1. The molecule has 76 valence electrons. The molecule has 0 aromatic rings. The van der Waals surface area contributed by atoms with Gasteiger partial charge in [0.15, 0.2) is 0 Å². The van der Waals surface area contributed by atoms with Crippen molar-refractivity contribution in [2.24, 2.45) is 0 Å². The molecule has 0 fully saturated rings. The summed E-state index contributed by atoms with van der Waals surface area (Å²) in [5.41, 5.74) is 0.288. The highest BCUT2D eigenvalue weighted by Crippen LogP contribution is 2.04. The fourth-order valence-electron chi connectivity index (χ4n) is 0.873. The molecular weight excluding hydrogens is 172 g/mol. The van der Waals surface area contributed by atoms with E-state index in [0.29, 0.717) is 19.3 Å². The van der Waals surface area contributed by atoms with Crippen molar-refractivity contribution in [1.82, 2.24) is 0 Å². The van der Waals surface area contributed by atoms with Gasteiger partial charge in [-0.1, -0.05) is 6.08 Å². The third-order valence-corrected chi connectivity index (χ3v) is 1.75.